The van der Waals surface area contributed by atoms with Crippen LogP contribution in [-0.4, -0.2) is 63.4 Å². The van der Waals surface area contributed by atoms with E-state index in [9.17, 15) is 18.0 Å². The summed E-state index contributed by atoms with van der Waals surface area (Å²) in [7, 11) is 0. The van der Waals surface area contributed by atoms with E-state index in [1.807, 2.05) is 6.92 Å². The first kappa shape index (κ1) is 24.0. The molecule has 34 heavy (non-hydrogen) atoms. The van der Waals surface area contributed by atoms with Crippen molar-refractivity contribution >= 4 is 34.8 Å². The van der Waals surface area contributed by atoms with Crippen molar-refractivity contribution in [3.63, 3.8) is 0 Å². The third-order valence-electron chi connectivity index (χ3n) is 5.04. The third kappa shape index (κ3) is 5.01. The largest absolute Gasteiger partial charge is 0.573 e. The minimum Gasteiger partial charge on any atom is -0.444 e. The zero-order valence-corrected chi connectivity index (χ0v) is 19.6. The van der Waals surface area contributed by atoms with E-state index >= 15 is 0 Å². The summed E-state index contributed by atoms with van der Waals surface area (Å²) in [4.78, 5) is 20.1. The van der Waals surface area contributed by atoms with Gasteiger partial charge in [0, 0.05) is 38.1 Å². The van der Waals surface area contributed by atoms with E-state index in [1.165, 1.54) is 16.9 Å². The molecular weight excluding hydrogens is 479 g/mol. The highest BCUT2D eigenvalue weighted by Gasteiger charge is 2.36. The molecular formula is C21H23ClF3N5O4. The monoisotopic (exact) mass is 501 g/mol. The number of hydrogen-bond acceptors (Lipinski definition) is 7. The Hall–Kier alpha value is -3.15. The molecule has 1 atom stereocenters. The van der Waals surface area contributed by atoms with Crippen molar-refractivity contribution in [2.24, 2.45) is 0 Å². The third-order valence-corrected chi connectivity index (χ3v) is 5.32. The molecule has 1 amide bonds. The van der Waals surface area contributed by atoms with Crippen LogP contribution in [0.2, 0.25) is 5.02 Å². The van der Waals surface area contributed by atoms with Gasteiger partial charge in [0.15, 0.2) is 16.8 Å². The van der Waals surface area contributed by atoms with E-state index in [0.29, 0.717) is 25.3 Å². The minimum atomic E-state index is -4.98. The second-order valence-electron chi connectivity index (χ2n) is 8.85. The van der Waals surface area contributed by atoms with Gasteiger partial charge in [-0.25, -0.2) is 9.48 Å². The first-order chi connectivity index (χ1) is 15.8. The Balaban J connectivity index is 1.69. The van der Waals surface area contributed by atoms with Gasteiger partial charge in [-0.2, -0.15) is 10.1 Å². The Morgan fingerprint density at radius 1 is 1.26 bits per heavy atom. The summed E-state index contributed by atoms with van der Waals surface area (Å²) in [6.07, 6.45) is -2.31. The Morgan fingerprint density at radius 3 is 2.59 bits per heavy atom. The number of amides is 1. The molecule has 0 aliphatic carbocycles. The van der Waals surface area contributed by atoms with Crippen LogP contribution in [0.25, 0.3) is 16.8 Å². The fourth-order valence-electron chi connectivity index (χ4n) is 3.65. The number of ether oxygens (including phenoxy) is 2. The van der Waals surface area contributed by atoms with Crippen LogP contribution in [-0.2, 0) is 4.74 Å². The van der Waals surface area contributed by atoms with Crippen LogP contribution in [0, 0.1) is 0 Å². The van der Waals surface area contributed by atoms with E-state index in [2.05, 4.69) is 14.8 Å². The van der Waals surface area contributed by atoms with Crippen LogP contribution >= 0.6 is 11.6 Å². The first-order valence-corrected chi connectivity index (χ1v) is 10.8. The Labute approximate surface area is 198 Å². The van der Waals surface area contributed by atoms with Gasteiger partial charge in [0.1, 0.15) is 11.3 Å². The summed E-state index contributed by atoms with van der Waals surface area (Å²) in [6.45, 7) is 8.15. The van der Waals surface area contributed by atoms with Gasteiger partial charge in [0.25, 0.3) is 6.01 Å². The fourth-order valence-corrected chi connectivity index (χ4v) is 3.88. The smallest absolute Gasteiger partial charge is 0.444 e. The number of rotatable bonds is 3. The molecule has 9 nitrogen and oxygen atoms in total. The number of halogens is 4. The second-order valence-corrected chi connectivity index (χ2v) is 9.26. The van der Waals surface area contributed by atoms with Crippen molar-refractivity contribution < 1.29 is 31.9 Å². The molecule has 0 radical (unpaired) electrons. The van der Waals surface area contributed by atoms with Crippen LogP contribution < -0.4 is 9.64 Å². The van der Waals surface area contributed by atoms with E-state index in [4.69, 9.17) is 20.8 Å². The topological polar surface area (TPSA) is 85.9 Å². The summed E-state index contributed by atoms with van der Waals surface area (Å²) in [6, 6.07) is 2.74. The Kier molecular flexibility index (Phi) is 6.05. The average molecular weight is 502 g/mol. The van der Waals surface area contributed by atoms with E-state index in [0.717, 1.165) is 0 Å². The average Bonchev–Trinajstić information content (AvgIpc) is 3.38. The number of hydrogen-bond donors (Lipinski definition) is 0. The Morgan fingerprint density at radius 2 is 2.00 bits per heavy atom. The SMILES string of the molecule is CC1CN(C(=O)OC(C)(C)C)CCN1c1nc2c(OC(F)(F)F)c(Cl)cc(-n3cccn3)c2o1. The molecule has 1 fully saturated rings. The molecule has 4 rings (SSSR count). The number of aromatic nitrogens is 3. The summed E-state index contributed by atoms with van der Waals surface area (Å²) < 4.78 is 56.1. The molecule has 3 heterocycles. The number of carbonyl (C=O) groups is 1. The number of alkyl halides is 3. The molecule has 1 unspecified atom stereocenters. The van der Waals surface area contributed by atoms with Crippen LogP contribution in [0.1, 0.15) is 27.7 Å². The maximum atomic E-state index is 13.1. The molecule has 0 saturated carbocycles. The molecule has 3 aromatic rings. The molecule has 1 aliphatic heterocycles. The predicted molar refractivity (Wildman–Crippen MR) is 117 cm³/mol. The molecule has 0 N–H and O–H groups in total. The lowest BCUT2D eigenvalue weighted by molar-refractivity contribution is -0.274. The summed E-state index contributed by atoms with van der Waals surface area (Å²) in [5.74, 6) is -0.657. The fraction of sp³-hybridized carbons (Fsp3) is 0.476. The van der Waals surface area contributed by atoms with Gasteiger partial charge >= 0.3 is 12.5 Å². The van der Waals surface area contributed by atoms with Crippen molar-refractivity contribution in [3.05, 3.63) is 29.5 Å². The van der Waals surface area contributed by atoms with Gasteiger partial charge in [-0.05, 0) is 39.8 Å². The van der Waals surface area contributed by atoms with E-state index in [1.54, 1.807) is 42.8 Å². The maximum absolute atomic E-state index is 13.1. The van der Waals surface area contributed by atoms with Crippen LogP contribution in [0.5, 0.6) is 5.75 Å². The van der Waals surface area contributed by atoms with Crippen molar-refractivity contribution in [2.45, 2.75) is 45.7 Å². The lowest BCUT2D eigenvalue weighted by Crippen LogP contribution is -2.54. The van der Waals surface area contributed by atoms with Crippen LogP contribution in [0.4, 0.5) is 24.0 Å². The number of carbonyl (C=O) groups excluding carboxylic acids is 1. The summed E-state index contributed by atoms with van der Waals surface area (Å²) in [5, 5.41) is 3.82. The lowest BCUT2D eigenvalue weighted by atomic mass is 10.2. The number of nitrogens with zero attached hydrogens (tertiary/aromatic N) is 5. The number of benzene rings is 1. The molecule has 0 spiro atoms. The quantitative estimate of drug-likeness (QED) is 0.498. The number of fused-ring (bicyclic) bond motifs is 1. The van der Waals surface area contributed by atoms with Gasteiger partial charge in [-0.1, -0.05) is 11.6 Å². The molecule has 1 saturated heterocycles. The number of anilines is 1. The van der Waals surface area contributed by atoms with Crippen molar-refractivity contribution in [2.75, 3.05) is 24.5 Å². The van der Waals surface area contributed by atoms with Gasteiger partial charge in [0.05, 0.1) is 5.02 Å². The van der Waals surface area contributed by atoms with Crippen molar-refractivity contribution in [1.29, 1.82) is 0 Å². The maximum Gasteiger partial charge on any atom is 0.573 e. The van der Waals surface area contributed by atoms with E-state index in [-0.39, 0.29) is 28.2 Å². The highest BCUT2D eigenvalue weighted by atomic mass is 35.5. The predicted octanol–water partition coefficient (Wildman–Crippen LogP) is 5.01. The Bertz CT molecular complexity index is 1190. The highest BCUT2D eigenvalue weighted by molar-refractivity contribution is 6.33. The lowest BCUT2D eigenvalue weighted by Gasteiger charge is -2.39. The molecule has 1 aromatic carbocycles. The molecule has 1 aliphatic rings. The zero-order chi connectivity index (χ0) is 24.8. The number of oxazole rings is 1. The molecule has 184 valence electrons. The normalized spacial score (nSPS) is 17.4. The summed E-state index contributed by atoms with van der Waals surface area (Å²) in [5.41, 5.74) is -0.482. The second kappa shape index (κ2) is 8.57. The van der Waals surface area contributed by atoms with Crippen LogP contribution in [0.3, 0.4) is 0 Å². The van der Waals surface area contributed by atoms with Gasteiger partial charge in [-0.3, -0.25) is 0 Å². The standard InChI is InChI=1S/C21H23ClF3N5O4/c1-12-11-28(19(31)34-20(2,3)4)8-9-29(12)18-27-15-16(33-21(23,24)25)13(22)10-14(17(15)32-18)30-7-5-6-26-30/h5-7,10,12H,8-9,11H2,1-4H3. The zero-order valence-electron chi connectivity index (χ0n) is 18.9. The number of piperazine rings is 1. The highest BCUT2D eigenvalue weighted by Crippen LogP contribution is 2.42. The molecule has 2 aromatic heterocycles. The minimum absolute atomic E-state index is 0.0316. The van der Waals surface area contributed by atoms with Crippen LogP contribution in [0.15, 0.2) is 28.9 Å². The summed E-state index contributed by atoms with van der Waals surface area (Å²) >= 11 is 6.14. The van der Waals surface area contributed by atoms with Gasteiger partial charge < -0.3 is 23.7 Å². The van der Waals surface area contributed by atoms with Crippen molar-refractivity contribution in [3.8, 4) is 11.4 Å². The van der Waals surface area contributed by atoms with Crippen molar-refractivity contribution in [1.82, 2.24) is 19.7 Å². The molecule has 13 heteroatoms. The van der Waals surface area contributed by atoms with Gasteiger partial charge in [0.2, 0.25) is 0 Å². The van der Waals surface area contributed by atoms with E-state index < -0.39 is 23.8 Å². The first-order valence-electron chi connectivity index (χ1n) is 10.5. The van der Waals surface area contributed by atoms with Gasteiger partial charge in [-0.15, -0.1) is 13.2 Å². The molecule has 0 bridgehead atoms.